The zero-order chi connectivity index (χ0) is 10.9. The molecule has 6 heteroatoms. The molecule has 5 nitrogen and oxygen atoms in total. The van der Waals surface area contributed by atoms with Crippen LogP contribution in [0.3, 0.4) is 0 Å². The Morgan fingerprint density at radius 1 is 1.60 bits per heavy atom. The van der Waals surface area contributed by atoms with E-state index in [0.29, 0.717) is 12.3 Å². The SMILES string of the molecule is Cc1ncc(CC2(N)N=C(N)C=CN2)s1. The fourth-order valence-electron chi connectivity index (χ4n) is 1.41. The molecular weight excluding hydrogens is 210 g/mol. The molecule has 1 aromatic rings. The molecule has 1 aliphatic heterocycles. The molecular formula is C9H13N5S. The summed E-state index contributed by atoms with van der Waals surface area (Å²) in [5.74, 6) is -0.393. The van der Waals surface area contributed by atoms with Crippen molar-refractivity contribution < 1.29 is 0 Å². The monoisotopic (exact) mass is 223 g/mol. The molecule has 80 valence electrons. The van der Waals surface area contributed by atoms with Gasteiger partial charge in [-0.15, -0.1) is 11.3 Å². The van der Waals surface area contributed by atoms with Gasteiger partial charge in [-0.3, -0.25) is 5.73 Å². The number of thiazole rings is 1. The highest BCUT2D eigenvalue weighted by atomic mass is 32.1. The number of nitrogens with one attached hydrogen (secondary N) is 1. The first-order valence-corrected chi connectivity index (χ1v) is 5.39. The molecule has 0 saturated carbocycles. The lowest BCUT2D eigenvalue weighted by Gasteiger charge is -2.27. The Labute approximate surface area is 91.9 Å². The van der Waals surface area contributed by atoms with Crippen LogP contribution >= 0.6 is 11.3 Å². The first-order valence-electron chi connectivity index (χ1n) is 4.57. The van der Waals surface area contributed by atoms with Crippen molar-refractivity contribution in [1.82, 2.24) is 10.3 Å². The second-order valence-corrected chi connectivity index (χ2v) is 4.78. The largest absolute Gasteiger partial charge is 0.384 e. The first kappa shape index (κ1) is 10.1. The molecule has 1 atom stereocenters. The van der Waals surface area contributed by atoms with Gasteiger partial charge in [0.05, 0.1) is 5.01 Å². The van der Waals surface area contributed by atoms with Crippen molar-refractivity contribution in [2.45, 2.75) is 19.1 Å². The van der Waals surface area contributed by atoms with Gasteiger partial charge >= 0.3 is 0 Å². The molecule has 0 aliphatic carbocycles. The molecule has 0 amide bonds. The maximum atomic E-state index is 6.04. The second-order valence-electron chi connectivity index (χ2n) is 3.46. The van der Waals surface area contributed by atoms with Gasteiger partial charge in [-0.2, -0.15) is 0 Å². The number of rotatable bonds is 2. The van der Waals surface area contributed by atoms with E-state index in [4.69, 9.17) is 11.5 Å². The van der Waals surface area contributed by atoms with Crippen LogP contribution in [-0.4, -0.2) is 16.6 Å². The van der Waals surface area contributed by atoms with Crippen LogP contribution in [0, 0.1) is 6.92 Å². The fraction of sp³-hybridized carbons (Fsp3) is 0.333. The average Bonchev–Trinajstić information content (AvgIpc) is 2.49. The zero-order valence-corrected chi connectivity index (χ0v) is 9.21. The number of hydrogen-bond donors (Lipinski definition) is 3. The van der Waals surface area contributed by atoms with Gasteiger partial charge in [0.25, 0.3) is 0 Å². The Balaban J connectivity index is 2.15. The topological polar surface area (TPSA) is 89.3 Å². The number of aromatic nitrogens is 1. The lowest BCUT2D eigenvalue weighted by atomic mass is 10.2. The summed E-state index contributed by atoms with van der Waals surface area (Å²) in [6.45, 7) is 1.96. The molecule has 1 aromatic heterocycles. The standard InChI is InChI=1S/C9H13N5S/c1-6-12-5-7(15-6)4-9(11)13-3-2-8(10)14-9/h2-3,5,13H,4,11H2,1H3,(H2,10,14). The molecule has 0 fully saturated rings. The number of aliphatic imine (C=N–C) groups is 1. The molecule has 0 bridgehead atoms. The van der Waals surface area contributed by atoms with Crippen molar-refractivity contribution in [2.24, 2.45) is 16.5 Å². The highest BCUT2D eigenvalue weighted by molar-refractivity contribution is 7.11. The van der Waals surface area contributed by atoms with Crippen molar-refractivity contribution in [2.75, 3.05) is 0 Å². The van der Waals surface area contributed by atoms with E-state index in [0.717, 1.165) is 9.88 Å². The van der Waals surface area contributed by atoms with E-state index in [2.05, 4.69) is 15.3 Å². The fourth-order valence-corrected chi connectivity index (χ4v) is 2.30. The number of hydrogen-bond acceptors (Lipinski definition) is 6. The summed E-state index contributed by atoms with van der Waals surface area (Å²) >= 11 is 1.62. The summed E-state index contributed by atoms with van der Waals surface area (Å²) in [6.07, 6.45) is 5.81. The molecule has 0 radical (unpaired) electrons. The minimum atomic E-state index is -0.836. The van der Waals surface area contributed by atoms with Crippen LogP contribution in [-0.2, 0) is 6.42 Å². The van der Waals surface area contributed by atoms with Gasteiger partial charge in [-0.25, -0.2) is 9.98 Å². The van der Waals surface area contributed by atoms with Gasteiger partial charge in [0.15, 0.2) is 5.79 Å². The molecule has 1 unspecified atom stereocenters. The third-order valence-corrected chi connectivity index (χ3v) is 2.94. The van der Waals surface area contributed by atoms with Crippen molar-refractivity contribution >= 4 is 17.2 Å². The summed E-state index contributed by atoms with van der Waals surface area (Å²) in [5.41, 5.74) is 11.6. The van der Waals surface area contributed by atoms with Gasteiger partial charge < -0.3 is 11.1 Å². The van der Waals surface area contributed by atoms with Gasteiger partial charge in [0, 0.05) is 23.7 Å². The lowest BCUT2D eigenvalue weighted by Crippen LogP contribution is -2.53. The minimum absolute atomic E-state index is 0.442. The predicted octanol–water partition coefficient (Wildman–Crippen LogP) is 0.0806. The maximum Gasteiger partial charge on any atom is 0.189 e. The van der Waals surface area contributed by atoms with Crippen LogP contribution in [0.5, 0.6) is 0 Å². The van der Waals surface area contributed by atoms with E-state index in [1.807, 2.05) is 13.1 Å². The molecule has 2 heterocycles. The lowest BCUT2D eigenvalue weighted by molar-refractivity contribution is 0.392. The molecule has 5 N–H and O–H groups in total. The maximum absolute atomic E-state index is 6.04. The van der Waals surface area contributed by atoms with Crippen LogP contribution in [0.15, 0.2) is 23.5 Å². The van der Waals surface area contributed by atoms with Gasteiger partial charge in [-0.05, 0) is 13.0 Å². The van der Waals surface area contributed by atoms with Crippen molar-refractivity contribution in [3.05, 3.63) is 28.4 Å². The van der Waals surface area contributed by atoms with E-state index < -0.39 is 5.79 Å². The van der Waals surface area contributed by atoms with Crippen LogP contribution in [0.25, 0.3) is 0 Å². The quantitative estimate of drug-likeness (QED) is 0.662. The van der Waals surface area contributed by atoms with Gasteiger partial charge in [0.1, 0.15) is 5.84 Å². The van der Waals surface area contributed by atoms with Crippen LogP contribution in [0.1, 0.15) is 9.88 Å². The van der Waals surface area contributed by atoms with E-state index >= 15 is 0 Å². The van der Waals surface area contributed by atoms with Gasteiger partial charge in [-0.1, -0.05) is 0 Å². The molecule has 0 saturated heterocycles. The van der Waals surface area contributed by atoms with E-state index in [-0.39, 0.29) is 0 Å². The third kappa shape index (κ3) is 2.34. The van der Waals surface area contributed by atoms with Crippen molar-refractivity contribution in [1.29, 1.82) is 0 Å². The third-order valence-electron chi connectivity index (χ3n) is 2.03. The minimum Gasteiger partial charge on any atom is -0.384 e. The Bertz CT molecular complexity index is 422. The van der Waals surface area contributed by atoms with Crippen molar-refractivity contribution in [3.63, 3.8) is 0 Å². The summed E-state index contributed by atoms with van der Waals surface area (Å²) in [6, 6.07) is 0. The number of aryl methyl sites for hydroxylation is 1. The Morgan fingerprint density at radius 3 is 3.00 bits per heavy atom. The highest BCUT2D eigenvalue weighted by Gasteiger charge is 2.25. The highest BCUT2D eigenvalue weighted by Crippen LogP contribution is 2.18. The van der Waals surface area contributed by atoms with Gasteiger partial charge in [0.2, 0.25) is 0 Å². The first-order chi connectivity index (χ1) is 7.07. The van der Waals surface area contributed by atoms with E-state index in [1.54, 1.807) is 23.6 Å². The molecule has 0 spiro atoms. The molecule has 15 heavy (non-hydrogen) atoms. The summed E-state index contributed by atoms with van der Waals surface area (Å²) in [4.78, 5) is 9.43. The van der Waals surface area contributed by atoms with Crippen LogP contribution in [0.4, 0.5) is 0 Å². The zero-order valence-electron chi connectivity index (χ0n) is 8.40. The molecule has 0 aromatic carbocycles. The Kier molecular flexibility index (Phi) is 2.45. The molecule has 2 rings (SSSR count). The van der Waals surface area contributed by atoms with Crippen LogP contribution < -0.4 is 16.8 Å². The second kappa shape index (κ2) is 3.63. The van der Waals surface area contributed by atoms with E-state index in [9.17, 15) is 0 Å². The predicted molar refractivity (Wildman–Crippen MR) is 61.4 cm³/mol. The summed E-state index contributed by atoms with van der Waals surface area (Å²) < 4.78 is 0. The Morgan fingerprint density at radius 2 is 2.40 bits per heavy atom. The smallest absolute Gasteiger partial charge is 0.189 e. The average molecular weight is 223 g/mol. The summed E-state index contributed by atoms with van der Waals surface area (Å²) in [7, 11) is 0. The number of nitrogens with two attached hydrogens (primary N) is 2. The molecule has 1 aliphatic rings. The summed E-state index contributed by atoms with van der Waals surface area (Å²) in [5, 5.41) is 4.02. The van der Waals surface area contributed by atoms with Crippen LogP contribution in [0.2, 0.25) is 0 Å². The Hall–Kier alpha value is -1.40. The number of amidine groups is 1. The van der Waals surface area contributed by atoms with E-state index in [1.165, 1.54) is 0 Å². The number of nitrogens with zero attached hydrogens (tertiary/aromatic N) is 2. The normalized spacial score (nSPS) is 24.8. The van der Waals surface area contributed by atoms with Crippen molar-refractivity contribution in [3.8, 4) is 0 Å².